The topological polar surface area (TPSA) is 66.4 Å². The minimum absolute atomic E-state index is 0.288. The smallest absolute Gasteiger partial charge is 0.326 e. The molecule has 1 atom stereocenters. The van der Waals surface area contributed by atoms with E-state index in [0.717, 1.165) is 17.5 Å². The molecule has 0 saturated heterocycles. The summed E-state index contributed by atoms with van der Waals surface area (Å²) in [6.07, 6.45) is 1.23. The first-order chi connectivity index (χ1) is 7.61. The molecule has 0 radical (unpaired) electrons. The fourth-order valence-corrected chi connectivity index (χ4v) is 1.89. The van der Waals surface area contributed by atoms with Crippen LogP contribution in [0.4, 0.5) is 0 Å². The van der Waals surface area contributed by atoms with Crippen molar-refractivity contribution in [1.82, 2.24) is 5.32 Å². The summed E-state index contributed by atoms with van der Waals surface area (Å²) < 4.78 is 0. The molecular weight excluding hydrogens is 206 g/mol. The normalized spacial score (nSPS) is 18.8. The largest absolute Gasteiger partial charge is 0.480 e. The third-order valence-corrected chi connectivity index (χ3v) is 2.85. The molecule has 4 heteroatoms. The first-order valence-electron chi connectivity index (χ1n) is 5.27. The van der Waals surface area contributed by atoms with Crippen LogP contribution < -0.4 is 5.32 Å². The summed E-state index contributed by atoms with van der Waals surface area (Å²) >= 11 is 0. The highest BCUT2D eigenvalue weighted by Crippen LogP contribution is 2.19. The lowest BCUT2D eigenvalue weighted by Gasteiger charge is -2.22. The molecule has 1 amide bonds. The molecule has 1 aromatic carbocycles. The van der Waals surface area contributed by atoms with Crippen LogP contribution in [0.15, 0.2) is 18.2 Å². The van der Waals surface area contributed by atoms with E-state index in [0.29, 0.717) is 12.0 Å². The summed E-state index contributed by atoms with van der Waals surface area (Å²) in [4.78, 5) is 22.5. The van der Waals surface area contributed by atoms with E-state index < -0.39 is 12.0 Å². The Labute approximate surface area is 93.3 Å². The molecule has 0 saturated carbocycles. The highest BCUT2D eigenvalue weighted by Gasteiger charge is 2.28. The van der Waals surface area contributed by atoms with Crippen molar-refractivity contribution < 1.29 is 14.7 Å². The van der Waals surface area contributed by atoms with E-state index in [1.54, 1.807) is 0 Å². The maximum atomic E-state index is 11.7. The molecule has 1 aliphatic heterocycles. The van der Waals surface area contributed by atoms with Crippen LogP contribution in [0.25, 0.3) is 0 Å². The minimum Gasteiger partial charge on any atom is -0.480 e. The van der Waals surface area contributed by atoms with Crippen LogP contribution >= 0.6 is 0 Å². The van der Waals surface area contributed by atoms with Gasteiger partial charge in [-0.15, -0.1) is 0 Å². The number of carbonyl (C=O) groups is 2. The Kier molecular flexibility index (Phi) is 2.64. The van der Waals surface area contributed by atoms with Gasteiger partial charge in [0.25, 0.3) is 5.91 Å². The number of rotatable bonds is 2. The van der Waals surface area contributed by atoms with Crippen LogP contribution in [0.5, 0.6) is 0 Å². The zero-order chi connectivity index (χ0) is 11.7. The fraction of sp³-hybridized carbons (Fsp3) is 0.333. The Morgan fingerprint density at radius 1 is 1.56 bits per heavy atom. The highest BCUT2D eigenvalue weighted by molar-refractivity contribution is 5.99. The number of carboxylic acid groups (broad SMARTS) is 1. The lowest BCUT2D eigenvalue weighted by atomic mass is 9.93. The standard InChI is InChI=1S/C12H13NO3/c1-2-7-3-4-8-6-10(12(15)16)13-11(14)9(8)5-7/h3-5,10H,2,6H2,1H3,(H,13,14)(H,15,16). The van der Waals surface area contributed by atoms with Crippen LogP contribution in [-0.4, -0.2) is 23.0 Å². The zero-order valence-corrected chi connectivity index (χ0v) is 8.99. The second-order valence-corrected chi connectivity index (χ2v) is 3.91. The summed E-state index contributed by atoms with van der Waals surface area (Å²) in [6, 6.07) is 4.83. The second-order valence-electron chi connectivity index (χ2n) is 3.91. The average molecular weight is 219 g/mol. The number of hydrogen-bond donors (Lipinski definition) is 2. The van der Waals surface area contributed by atoms with Crippen molar-refractivity contribution in [3.8, 4) is 0 Å². The molecule has 0 fully saturated rings. The number of carbonyl (C=O) groups excluding carboxylic acids is 1. The van der Waals surface area contributed by atoms with Gasteiger partial charge in [0, 0.05) is 12.0 Å². The van der Waals surface area contributed by atoms with Gasteiger partial charge in [-0.3, -0.25) is 4.79 Å². The average Bonchev–Trinajstić information content (AvgIpc) is 2.28. The van der Waals surface area contributed by atoms with Crippen molar-refractivity contribution in [3.63, 3.8) is 0 Å². The summed E-state index contributed by atoms with van der Waals surface area (Å²) in [5.41, 5.74) is 2.51. The number of benzene rings is 1. The number of carboxylic acids is 1. The molecule has 0 bridgehead atoms. The molecular formula is C12H13NO3. The predicted octanol–water partition coefficient (Wildman–Crippen LogP) is 0.988. The highest BCUT2D eigenvalue weighted by atomic mass is 16.4. The Bertz CT molecular complexity index is 454. The quantitative estimate of drug-likeness (QED) is 0.779. The van der Waals surface area contributed by atoms with E-state index in [-0.39, 0.29) is 5.91 Å². The number of fused-ring (bicyclic) bond motifs is 1. The molecule has 1 unspecified atom stereocenters. The molecule has 4 nitrogen and oxygen atoms in total. The zero-order valence-electron chi connectivity index (χ0n) is 8.99. The first kappa shape index (κ1) is 10.7. The Hall–Kier alpha value is -1.84. The third kappa shape index (κ3) is 1.78. The minimum atomic E-state index is -0.987. The first-order valence-corrected chi connectivity index (χ1v) is 5.27. The van der Waals surface area contributed by atoms with Crippen LogP contribution in [-0.2, 0) is 17.6 Å². The Balaban J connectivity index is 2.38. The van der Waals surface area contributed by atoms with Crippen LogP contribution in [0.1, 0.15) is 28.4 Å². The van der Waals surface area contributed by atoms with E-state index in [1.165, 1.54) is 0 Å². The van der Waals surface area contributed by atoms with E-state index in [4.69, 9.17) is 5.11 Å². The van der Waals surface area contributed by atoms with Crippen molar-refractivity contribution in [2.75, 3.05) is 0 Å². The van der Waals surface area contributed by atoms with Crippen molar-refractivity contribution in [2.24, 2.45) is 0 Å². The van der Waals surface area contributed by atoms with E-state index in [1.807, 2.05) is 25.1 Å². The lowest BCUT2D eigenvalue weighted by molar-refractivity contribution is -0.139. The van der Waals surface area contributed by atoms with E-state index in [2.05, 4.69) is 5.32 Å². The van der Waals surface area contributed by atoms with Gasteiger partial charge < -0.3 is 10.4 Å². The number of aliphatic carboxylic acids is 1. The molecule has 0 spiro atoms. The van der Waals surface area contributed by atoms with Crippen molar-refractivity contribution in [3.05, 3.63) is 34.9 Å². The van der Waals surface area contributed by atoms with Gasteiger partial charge in [0.15, 0.2) is 0 Å². The molecule has 1 heterocycles. The molecule has 2 rings (SSSR count). The monoisotopic (exact) mass is 219 g/mol. The SMILES string of the molecule is CCc1ccc2c(c1)C(=O)NC(C(=O)O)C2. The van der Waals surface area contributed by atoms with Gasteiger partial charge in [-0.1, -0.05) is 19.1 Å². The van der Waals surface area contributed by atoms with Gasteiger partial charge in [0.2, 0.25) is 0 Å². The summed E-state index contributed by atoms with van der Waals surface area (Å²) in [6.45, 7) is 2.02. The molecule has 1 aromatic rings. The van der Waals surface area contributed by atoms with Gasteiger partial charge in [0.05, 0.1) is 0 Å². The number of amides is 1. The van der Waals surface area contributed by atoms with Gasteiger partial charge in [0.1, 0.15) is 6.04 Å². The molecule has 16 heavy (non-hydrogen) atoms. The van der Waals surface area contributed by atoms with E-state index in [9.17, 15) is 9.59 Å². The van der Waals surface area contributed by atoms with E-state index >= 15 is 0 Å². The van der Waals surface area contributed by atoms with Gasteiger partial charge in [-0.25, -0.2) is 4.79 Å². The van der Waals surface area contributed by atoms with Crippen molar-refractivity contribution in [2.45, 2.75) is 25.8 Å². The maximum Gasteiger partial charge on any atom is 0.326 e. The Morgan fingerprint density at radius 2 is 2.31 bits per heavy atom. The van der Waals surface area contributed by atoms with Crippen molar-refractivity contribution in [1.29, 1.82) is 0 Å². The molecule has 1 aliphatic rings. The van der Waals surface area contributed by atoms with Gasteiger partial charge in [-0.2, -0.15) is 0 Å². The van der Waals surface area contributed by atoms with Crippen LogP contribution in [0.3, 0.4) is 0 Å². The summed E-state index contributed by atoms with van der Waals surface area (Å²) in [5, 5.41) is 11.4. The van der Waals surface area contributed by atoms with Gasteiger partial charge in [-0.05, 0) is 23.6 Å². The number of hydrogen-bond acceptors (Lipinski definition) is 2. The predicted molar refractivity (Wildman–Crippen MR) is 58.4 cm³/mol. The third-order valence-electron chi connectivity index (χ3n) is 2.85. The Morgan fingerprint density at radius 3 is 2.94 bits per heavy atom. The molecule has 2 N–H and O–H groups in total. The second kappa shape index (κ2) is 3.96. The van der Waals surface area contributed by atoms with Crippen LogP contribution in [0, 0.1) is 0 Å². The maximum absolute atomic E-state index is 11.7. The van der Waals surface area contributed by atoms with Crippen LogP contribution in [0.2, 0.25) is 0 Å². The lowest BCUT2D eigenvalue weighted by Crippen LogP contribution is -2.46. The van der Waals surface area contributed by atoms with Crippen molar-refractivity contribution >= 4 is 11.9 Å². The number of aryl methyl sites for hydroxylation is 1. The summed E-state index contributed by atoms with van der Waals surface area (Å²) in [7, 11) is 0. The van der Waals surface area contributed by atoms with Gasteiger partial charge >= 0.3 is 5.97 Å². The fourth-order valence-electron chi connectivity index (χ4n) is 1.89. The molecule has 84 valence electrons. The summed E-state index contributed by atoms with van der Waals surface area (Å²) in [5.74, 6) is -1.28. The number of nitrogens with one attached hydrogen (secondary N) is 1. The molecule has 0 aromatic heterocycles. The molecule has 0 aliphatic carbocycles.